The summed E-state index contributed by atoms with van der Waals surface area (Å²) in [7, 11) is 0. The molecule has 1 aromatic heterocycles. The summed E-state index contributed by atoms with van der Waals surface area (Å²) in [6.45, 7) is 8.80. The number of pyridine rings is 1. The summed E-state index contributed by atoms with van der Waals surface area (Å²) in [5.74, 6) is 8.27. The van der Waals surface area contributed by atoms with Gasteiger partial charge in [-0.3, -0.25) is 9.59 Å². The number of ether oxygens (including phenoxy) is 1. The predicted octanol–water partition coefficient (Wildman–Crippen LogP) is 4.21. The molecule has 0 unspecified atom stereocenters. The highest BCUT2D eigenvalue weighted by molar-refractivity contribution is 5.51. The number of carbonyl (C=O) groups excluding carboxylic acids is 1. The summed E-state index contributed by atoms with van der Waals surface area (Å²) in [5.41, 5.74) is 2.69. The molecular weight excluding hydrogens is 350 g/mol. The number of carbonyl (C=O) groups is 1. The largest absolute Gasteiger partial charge is 0.486 e. The first kappa shape index (κ1) is 21.5. The minimum absolute atomic E-state index is 0.0494. The molecule has 0 saturated heterocycles. The summed E-state index contributed by atoms with van der Waals surface area (Å²) < 4.78 is 6.87. The van der Waals surface area contributed by atoms with Crippen LogP contribution in [0.4, 0.5) is 0 Å². The molecule has 0 atom stereocenters. The van der Waals surface area contributed by atoms with Crippen LogP contribution in [-0.2, 0) is 11.3 Å². The number of hydrogen-bond acceptors (Lipinski definition) is 3. The van der Waals surface area contributed by atoms with Gasteiger partial charge in [0.15, 0.2) is 6.29 Å². The van der Waals surface area contributed by atoms with E-state index in [1.165, 1.54) is 18.9 Å². The van der Waals surface area contributed by atoms with Crippen molar-refractivity contribution in [3.8, 4) is 17.6 Å². The maximum absolute atomic E-state index is 12.3. The summed E-state index contributed by atoms with van der Waals surface area (Å²) >= 11 is 0. The highest BCUT2D eigenvalue weighted by Crippen LogP contribution is 2.27. The Morgan fingerprint density at radius 2 is 1.82 bits per heavy atom. The van der Waals surface area contributed by atoms with Crippen molar-refractivity contribution in [3.63, 3.8) is 0 Å². The number of nitrogens with zero attached hydrogens (tertiary/aromatic N) is 1. The third-order valence-corrected chi connectivity index (χ3v) is 3.92. The second kappa shape index (κ2) is 10.5. The molecule has 28 heavy (non-hydrogen) atoms. The molecule has 0 amide bonds. The lowest BCUT2D eigenvalue weighted by atomic mass is 10.1. The average molecular weight is 380 g/mol. The second-order valence-corrected chi connectivity index (χ2v) is 7.71. The molecule has 4 heteroatoms. The molecule has 1 heterocycles. The van der Waals surface area contributed by atoms with Gasteiger partial charge in [0.05, 0.1) is 6.54 Å². The lowest BCUT2D eigenvalue weighted by molar-refractivity contribution is -0.109. The highest BCUT2D eigenvalue weighted by atomic mass is 16.5. The van der Waals surface area contributed by atoms with Gasteiger partial charge in [0, 0.05) is 23.2 Å². The Hall–Kier alpha value is -2.80. The smallest absolute Gasteiger partial charge is 0.254 e. The minimum Gasteiger partial charge on any atom is -0.486 e. The maximum Gasteiger partial charge on any atom is 0.254 e. The summed E-state index contributed by atoms with van der Waals surface area (Å²) in [5, 5.41) is 0. The van der Waals surface area contributed by atoms with E-state index in [0.717, 1.165) is 22.7 Å². The van der Waals surface area contributed by atoms with Crippen LogP contribution in [0.3, 0.4) is 0 Å². The predicted molar refractivity (Wildman–Crippen MR) is 113 cm³/mol. The fraction of sp³-hybridized carbons (Fsp3) is 0.417. The summed E-state index contributed by atoms with van der Waals surface area (Å²) in [4.78, 5) is 22.6. The summed E-state index contributed by atoms with van der Waals surface area (Å²) in [6, 6.07) is 11.2. The van der Waals surface area contributed by atoms with Gasteiger partial charge in [-0.1, -0.05) is 44.7 Å². The molecule has 1 saturated carbocycles. The lowest BCUT2D eigenvalue weighted by Crippen LogP contribution is -2.22. The van der Waals surface area contributed by atoms with E-state index in [9.17, 15) is 9.59 Å². The van der Waals surface area contributed by atoms with Gasteiger partial charge in [0.1, 0.15) is 12.4 Å². The summed E-state index contributed by atoms with van der Waals surface area (Å²) in [6.07, 6.45) is 3.11. The van der Waals surface area contributed by atoms with Crippen molar-refractivity contribution in [2.75, 3.05) is 6.61 Å². The zero-order chi connectivity index (χ0) is 20.5. The first-order valence-corrected chi connectivity index (χ1v) is 9.77. The van der Waals surface area contributed by atoms with E-state index in [0.29, 0.717) is 24.5 Å². The number of rotatable bonds is 5. The van der Waals surface area contributed by atoms with Crippen LogP contribution in [0.2, 0.25) is 0 Å². The Balaban J connectivity index is 0.000000640. The van der Waals surface area contributed by atoms with Gasteiger partial charge in [-0.15, -0.1) is 0 Å². The molecular formula is C24H29NO3. The number of aryl methyl sites for hydroxylation is 1. The standard InChI is InChI=1S/C20H19NO3.C4H10/c1-15-12-19(24-11-10-22)13-20(23)21(15)14-18-8-6-17(7-9-18)5-4-16-2-3-16;1-4(2)3/h6-10,12-13,16H,2-3,11,14H2,1H3;4H,1-3H3. The van der Waals surface area contributed by atoms with E-state index in [-0.39, 0.29) is 12.2 Å². The van der Waals surface area contributed by atoms with Crippen molar-refractivity contribution in [1.29, 1.82) is 0 Å². The maximum atomic E-state index is 12.3. The zero-order valence-electron chi connectivity index (χ0n) is 17.2. The lowest BCUT2D eigenvalue weighted by Gasteiger charge is -2.12. The molecule has 1 aliphatic carbocycles. The van der Waals surface area contributed by atoms with Gasteiger partial charge in [0.25, 0.3) is 5.56 Å². The molecule has 2 aromatic rings. The van der Waals surface area contributed by atoms with Crippen LogP contribution in [0.25, 0.3) is 0 Å². The van der Waals surface area contributed by atoms with Crippen molar-refractivity contribution >= 4 is 6.29 Å². The molecule has 1 aromatic carbocycles. The Bertz CT molecular complexity index is 891. The quantitative estimate of drug-likeness (QED) is 0.578. The third kappa shape index (κ3) is 7.44. The van der Waals surface area contributed by atoms with Crippen molar-refractivity contribution < 1.29 is 9.53 Å². The van der Waals surface area contributed by atoms with Crippen LogP contribution >= 0.6 is 0 Å². The fourth-order valence-electron chi connectivity index (χ4n) is 2.40. The van der Waals surface area contributed by atoms with E-state index < -0.39 is 0 Å². The molecule has 0 radical (unpaired) electrons. The third-order valence-electron chi connectivity index (χ3n) is 3.92. The van der Waals surface area contributed by atoms with Crippen molar-refractivity contribution in [2.24, 2.45) is 11.8 Å². The van der Waals surface area contributed by atoms with Gasteiger partial charge < -0.3 is 9.30 Å². The van der Waals surface area contributed by atoms with E-state index >= 15 is 0 Å². The van der Waals surface area contributed by atoms with Crippen LogP contribution in [0.1, 0.15) is 50.4 Å². The molecule has 4 nitrogen and oxygen atoms in total. The molecule has 1 fully saturated rings. The Kier molecular flexibility index (Phi) is 8.07. The van der Waals surface area contributed by atoms with Gasteiger partial charge in [0.2, 0.25) is 0 Å². The second-order valence-electron chi connectivity index (χ2n) is 7.71. The number of aromatic nitrogens is 1. The van der Waals surface area contributed by atoms with Crippen molar-refractivity contribution in [1.82, 2.24) is 4.57 Å². The number of hydrogen-bond donors (Lipinski definition) is 0. The van der Waals surface area contributed by atoms with Gasteiger partial charge >= 0.3 is 0 Å². The van der Waals surface area contributed by atoms with Crippen LogP contribution < -0.4 is 10.3 Å². The number of benzene rings is 1. The molecule has 3 rings (SSSR count). The highest BCUT2D eigenvalue weighted by Gasteiger charge is 2.17. The molecule has 0 bridgehead atoms. The Labute approximate surface area is 167 Å². The molecule has 1 aliphatic rings. The van der Waals surface area contributed by atoms with Crippen LogP contribution in [0.15, 0.2) is 41.2 Å². The van der Waals surface area contributed by atoms with Crippen molar-refractivity contribution in [3.05, 3.63) is 63.6 Å². The Morgan fingerprint density at radius 1 is 1.18 bits per heavy atom. The normalized spacial score (nSPS) is 12.5. The van der Waals surface area contributed by atoms with E-state index in [1.54, 1.807) is 10.6 Å². The van der Waals surface area contributed by atoms with E-state index in [4.69, 9.17) is 4.74 Å². The Morgan fingerprint density at radius 3 is 2.36 bits per heavy atom. The fourth-order valence-corrected chi connectivity index (χ4v) is 2.40. The molecule has 0 N–H and O–H groups in total. The van der Waals surface area contributed by atoms with Gasteiger partial charge in [-0.05, 0) is 49.4 Å². The van der Waals surface area contributed by atoms with Crippen molar-refractivity contribution in [2.45, 2.75) is 47.1 Å². The SMILES string of the molecule is CC(C)C.Cc1cc(OCC=O)cc(=O)n1Cc1ccc(C#CC2CC2)cc1. The van der Waals surface area contributed by atoms with E-state index in [2.05, 4.69) is 32.6 Å². The first-order chi connectivity index (χ1) is 13.4. The zero-order valence-corrected chi connectivity index (χ0v) is 17.2. The molecule has 0 spiro atoms. The molecule has 148 valence electrons. The minimum atomic E-state index is -0.145. The topological polar surface area (TPSA) is 48.3 Å². The first-order valence-electron chi connectivity index (χ1n) is 9.77. The number of aldehydes is 1. The van der Waals surface area contributed by atoms with Crippen LogP contribution in [0.5, 0.6) is 5.75 Å². The van der Waals surface area contributed by atoms with Gasteiger partial charge in [-0.2, -0.15) is 0 Å². The monoisotopic (exact) mass is 379 g/mol. The molecule has 0 aliphatic heterocycles. The van der Waals surface area contributed by atoms with E-state index in [1.807, 2.05) is 31.2 Å². The van der Waals surface area contributed by atoms with Gasteiger partial charge in [-0.25, -0.2) is 0 Å². The van der Waals surface area contributed by atoms with Crippen LogP contribution in [0, 0.1) is 30.6 Å². The average Bonchev–Trinajstić information content (AvgIpc) is 3.46. The van der Waals surface area contributed by atoms with Crippen LogP contribution in [-0.4, -0.2) is 17.5 Å².